The second kappa shape index (κ2) is 12.1. The maximum atomic E-state index is 13.7. The van der Waals surface area contributed by atoms with Crippen LogP contribution in [0.15, 0.2) is 133 Å². The number of anilines is 3. The molecule has 0 fully saturated rings. The molecule has 2 heterocycles. The topological polar surface area (TPSA) is 59.5 Å². The summed E-state index contributed by atoms with van der Waals surface area (Å²) in [6.07, 6.45) is 3.93. The Labute approximate surface area is 270 Å². The minimum absolute atomic E-state index is 0.00832. The highest BCUT2D eigenvalue weighted by Crippen LogP contribution is 2.45. The van der Waals surface area contributed by atoms with Gasteiger partial charge in [0.05, 0.1) is 5.57 Å². The van der Waals surface area contributed by atoms with Gasteiger partial charge in [0.2, 0.25) is 0 Å². The van der Waals surface area contributed by atoms with Crippen molar-refractivity contribution in [1.82, 2.24) is 4.98 Å². The van der Waals surface area contributed by atoms with Crippen molar-refractivity contribution < 1.29 is 14.3 Å². The zero-order valence-corrected chi connectivity index (χ0v) is 26.8. The third-order valence-corrected chi connectivity index (χ3v) is 8.60. The van der Waals surface area contributed by atoms with Crippen LogP contribution in [0.2, 0.25) is 0 Å². The Bertz CT molecular complexity index is 2070. The maximum absolute atomic E-state index is 13.7. The van der Waals surface area contributed by atoms with Crippen molar-refractivity contribution in [2.45, 2.75) is 40.0 Å². The number of Topliss-reactive ketones (excluding diaryl/α,β-unsaturated/α-hetero) is 1. The van der Waals surface area contributed by atoms with Crippen molar-refractivity contribution >= 4 is 39.9 Å². The lowest BCUT2D eigenvalue weighted by Crippen LogP contribution is -2.19. The molecule has 0 radical (unpaired) electrons. The number of carbonyl (C=O) groups is 2. The summed E-state index contributed by atoms with van der Waals surface area (Å²) in [5.74, 6) is 0.650. The van der Waals surface area contributed by atoms with Gasteiger partial charge in [-0.1, -0.05) is 69.0 Å². The summed E-state index contributed by atoms with van der Waals surface area (Å²) in [5, 5.41) is 1.98. The maximum Gasteiger partial charge on any atom is 0.196 e. The van der Waals surface area contributed by atoms with Gasteiger partial charge < -0.3 is 9.64 Å². The number of ketones is 1. The monoisotopic (exact) mass is 604 g/mol. The van der Waals surface area contributed by atoms with Crippen LogP contribution in [0.25, 0.3) is 10.8 Å². The summed E-state index contributed by atoms with van der Waals surface area (Å²) >= 11 is 0. The summed E-state index contributed by atoms with van der Waals surface area (Å²) < 4.78 is 6.45. The molecule has 1 aliphatic heterocycles. The highest BCUT2D eigenvalue weighted by Gasteiger charge is 2.31. The molecule has 0 spiro atoms. The third-order valence-electron chi connectivity index (χ3n) is 8.60. The molecule has 228 valence electrons. The molecule has 0 bridgehead atoms. The third kappa shape index (κ3) is 5.80. The van der Waals surface area contributed by atoms with E-state index in [-0.39, 0.29) is 11.4 Å². The number of hydrogen-bond acceptors (Lipinski definition) is 5. The van der Waals surface area contributed by atoms with E-state index in [9.17, 15) is 9.59 Å². The number of benzene rings is 4. The lowest BCUT2D eigenvalue weighted by Gasteiger charge is -2.30. The van der Waals surface area contributed by atoms with Crippen LogP contribution in [0.3, 0.4) is 0 Å². The molecule has 5 heteroatoms. The molecule has 0 atom stereocenters. The van der Waals surface area contributed by atoms with E-state index in [0.717, 1.165) is 55.9 Å². The van der Waals surface area contributed by atoms with Gasteiger partial charge in [0.15, 0.2) is 12.1 Å². The summed E-state index contributed by atoms with van der Waals surface area (Å²) in [5.41, 5.74) is 7.33. The quantitative estimate of drug-likeness (QED) is 0.0609. The number of para-hydroxylation sites is 1. The van der Waals surface area contributed by atoms with Gasteiger partial charge in [0.25, 0.3) is 0 Å². The van der Waals surface area contributed by atoms with Crippen LogP contribution in [0.1, 0.15) is 46.7 Å². The first kappa shape index (κ1) is 30.5. The van der Waals surface area contributed by atoms with Gasteiger partial charge in [-0.05, 0) is 103 Å². The van der Waals surface area contributed by atoms with E-state index in [1.54, 1.807) is 0 Å². The summed E-state index contributed by atoms with van der Waals surface area (Å²) in [6.45, 7) is 14.5. The minimum atomic E-state index is -0.520. The molecule has 0 aliphatic carbocycles. The zero-order chi connectivity index (χ0) is 32.6. The summed E-state index contributed by atoms with van der Waals surface area (Å²) in [4.78, 5) is 32.8. The van der Waals surface area contributed by atoms with Crippen LogP contribution in [0.5, 0.6) is 5.75 Å². The summed E-state index contributed by atoms with van der Waals surface area (Å²) in [7, 11) is 0. The molecule has 0 saturated carbocycles. The number of rotatable bonds is 7. The lowest BCUT2D eigenvalue weighted by molar-refractivity contribution is -0.104. The number of ether oxygens (including phenoxy) is 1. The SMILES string of the molecule is C=C1C=C(/C=C(/C=O)C(=O)c2cc3ccccc3cc2C)Oc2ccc(N(c3ccccc3)c3cc(C)nc(C)c3)cc2C1(C)C. The van der Waals surface area contributed by atoms with Crippen molar-refractivity contribution in [3.05, 3.63) is 161 Å². The smallest absolute Gasteiger partial charge is 0.196 e. The van der Waals surface area contributed by atoms with Gasteiger partial charge >= 0.3 is 0 Å². The van der Waals surface area contributed by atoms with E-state index in [0.29, 0.717) is 23.4 Å². The Morgan fingerprint density at radius 2 is 1.46 bits per heavy atom. The molecule has 0 saturated heterocycles. The van der Waals surface area contributed by atoms with Crippen LogP contribution in [-0.2, 0) is 10.2 Å². The van der Waals surface area contributed by atoms with Crippen LogP contribution in [0.4, 0.5) is 17.1 Å². The molecule has 0 unspecified atom stereocenters. The predicted molar refractivity (Wildman–Crippen MR) is 186 cm³/mol. The molecular weight excluding hydrogens is 568 g/mol. The number of hydrogen-bond donors (Lipinski definition) is 0. The molecule has 0 amide bonds. The number of allylic oxidation sites excluding steroid dienone is 4. The van der Waals surface area contributed by atoms with Crippen LogP contribution < -0.4 is 9.64 Å². The van der Waals surface area contributed by atoms with Crippen LogP contribution in [0, 0.1) is 20.8 Å². The number of carbonyl (C=O) groups excluding carboxylic acids is 2. The van der Waals surface area contributed by atoms with E-state index >= 15 is 0 Å². The fourth-order valence-corrected chi connectivity index (χ4v) is 6.01. The average molecular weight is 605 g/mol. The molecule has 0 N–H and O–H groups in total. The number of aryl methyl sites for hydroxylation is 3. The Kier molecular flexibility index (Phi) is 8.01. The highest BCUT2D eigenvalue weighted by atomic mass is 16.5. The molecule has 5 aromatic rings. The fraction of sp³-hybridized carbons (Fsp3) is 0.146. The largest absolute Gasteiger partial charge is 0.457 e. The molecule has 6 rings (SSSR count). The molecule has 1 aromatic heterocycles. The first-order valence-electron chi connectivity index (χ1n) is 15.3. The molecule has 46 heavy (non-hydrogen) atoms. The zero-order valence-electron chi connectivity index (χ0n) is 26.8. The molecule has 4 aromatic carbocycles. The standard InChI is InChI=1S/C41H36N2O3/c1-26-18-30-12-10-11-13-31(30)23-37(26)40(45)32(25-44)22-36-19-27(2)41(5,6)38-24-34(16-17-39(38)46-36)43(33-14-8-7-9-15-33)35-20-28(3)42-29(4)21-35/h7-25H,2H2,1,3-6H3/b32-22-. The van der Waals surface area contributed by atoms with Crippen molar-refractivity contribution in [2.24, 2.45) is 0 Å². The Balaban J connectivity index is 1.41. The summed E-state index contributed by atoms with van der Waals surface area (Å²) in [6, 6.07) is 32.1. The number of fused-ring (bicyclic) bond motifs is 2. The van der Waals surface area contributed by atoms with Gasteiger partial charge in [-0.15, -0.1) is 0 Å². The Morgan fingerprint density at radius 3 is 2.13 bits per heavy atom. The second-order valence-electron chi connectivity index (χ2n) is 12.3. The van der Waals surface area contributed by atoms with Crippen LogP contribution >= 0.6 is 0 Å². The van der Waals surface area contributed by atoms with Crippen molar-refractivity contribution in [3.63, 3.8) is 0 Å². The van der Waals surface area contributed by atoms with E-state index < -0.39 is 5.41 Å². The number of aromatic nitrogens is 1. The van der Waals surface area contributed by atoms with Gasteiger partial charge in [0, 0.05) is 45.0 Å². The van der Waals surface area contributed by atoms with Crippen molar-refractivity contribution in [3.8, 4) is 5.75 Å². The van der Waals surface area contributed by atoms with Gasteiger partial charge in [-0.3, -0.25) is 14.6 Å². The normalized spacial score (nSPS) is 14.2. The first-order chi connectivity index (χ1) is 22.0. The van der Waals surface area contributed by atoms with E-state index in [2.05, 4.69) is 60.6 Å². The molecule has 1 aliphatic rings. The number of nitrogens with zero attached hydrogens (tertiary/aromatic N) is 2. The van der Waals surface area contributed by atoms with Crippen molar-refractivity contribution in [2.75, 3.05) is 4.90 Å². The minimum Gasteiger partial charge on any atom is -0.457 e. The lowest BCUT2D eigenvalue weighted by atomic mass is 9.77. The van der Waals surface area contributed by atoms with E-state index in [4.69, 9.17) is 4.74 Å². The van der Waals surface area contributed by atoms with Gasteiger partial charge in [-0.2, -0.15) is 0 Å². The Hall–Kier alpha value is -5.55. The van der Waals surface area contributed by atoms with Crippen molar-refractivity contribution in [1.29, 1.82) is 0 Å². The van der Waals surface area contributed by atoms with E-state index in [1.165, 1.54) is 6.08 Å². The molecular formula is C41H36N2O3. The number of pyridine rings is 1. The van der Waals surface area contributed by atoms with Gasteiger partial charge in [0.1, 0.15) is 11.5 Å². The van der Waals surface area contributed by atoms with Crippen LogP contribution in [-0.4, -0.2) is 17.1 Å². The Morgan fingerprint density at radius 1 is 0.804 bits per heavy atom. The fourth-order valence-electron chi connectivity index (χ4n) is 6.01. The predicted octanol–water partition coefficient (Wildman–Crippen LogP) is 9.75. The molecule has 5 nitrogen and oxygen atoms in total. The van der Waals surface area contributed by atoms with E-state index in [1.807, 2.05) is 93.6 Å². The highest BCUT2D eigenvalue weighted by molar-refractivity contribution is 6.21. The van der Waals surface area contributed by atoms with Gasteiger partial charge in [-0.25, -0.2) is 0 Å². The first-order valence-corrected chi connectivity index (χ1v) is 15.3. The number of aldehydes is 1. The average Bonchev–Trinajstić information content (AvgIpc) is 3.12. The second-order valence-corrected chi connectivity index (χ2v) is 12.3.